The van der Waals surface area contributed by atoms with Crippen molar-refractivity contribution in [1.29, 1.82) is 0 Å². The van der Waals surface area contributed by atoms with Crippen LogP contribution in [0, 0.1) is 5.92 Å². The van der Waals surface area contributed by atoms with E-state index in [4.69, 9.17) is 0 Å². The lowest BCUT2D eigenvalue weighted by Gasteiger charge is -2.31. The van der Waals surface area contributed by atoms with Crippen LogP contribution in [-0.2, 0) is 0 Å². The zero-order valence-electron chi connectivity index (χ0n) is 8.23. The standard InChI is InChI=1S/C9H12BrN3OS/c10-4-7-2-1-3-13(6-7)9(14)8-5-11-12-15-8/h5,7H,1-4,6H2. The summed E-state index contributed by atoms with van der Waals surface area (Å²) in [5.74, 6) is 0.666. The van der Waals surface area contributed by atoms with Gasteiger partial charge in [0.25, 0.3) is 5.91 Å². The largest absolute Gasteiger partial charge is 0.338 e. The first kappa shape index (κ1) is 11.0. The van der Waals surface area contributed by atoms with Gasteiger partial charge in [-0.2, -0.15) is 0 Å². The molecule has 0 radical (unpaired) electrons. The molecule has 1 aliphatic heterocycles. The molecule has 1 amide bonds. The quantitative estimate of drug-likeness (QED) is 0.780. The van der Waals surface area contributed by atoms with Crippen LogP contribution in [0.1, 0.15) is 22.5 Å². The predicted octanol–water partition coefficient (Wildman–Crippen LogP) is 1.79. The molecule has 6 heteroatoms. The van der Waals surface area contributed by atoms with Crippen molar-refractivity contribution in [2.75, 3.05) is 18.4 Å². The number of likely N-dealkylation sites (tertiary alicyclic amines) is 1. The Morgan fingerprint density at radius 2 is 2.60 bits per heavy atom. The molecule has 1 atom stereocenters. The van der Waals surface area contributed by atoms with Gasteiger partial charge in [-0.15, -0.1) is 5.10 Å². The molecular weight excluding hydrogens is 278 g/mol. The molecule has 1 fully saturated rings. The number of alkyl halides is 1. The van der Waals surface area contributed by atoms with Crippen molar-refractivity contribution in [2.45, 2.75) is 12.8 Å². The number of hydrogen-bond acceptors (Lipinski definition) is 4. The molecular formula is C9H12BrN3OS. The first-order valence-electron chi connectivity index (χ1n) is 4.94. The molecule has 1 saturated heterocycles. The van der Waals surface area contributed by atoms with Gasteiger partial charge in [0, 0.05) is 18.4 Å². The summed E-state index contributed by atoms with van der Waals surface area (Å²) in [4.78, 5) is 14.5. The average Bonchev–Trinajstić information content (AvgIpc) is 2.81. The first-order valence-corrected chi connectivity index (χ1v) is 6.83. The van der Waals surface area contributed by atoms with Crippen molar-refractivity contribution in [3.63, 3.8) is 0 Å². The Balaban J connectivity index is 2.01. The lowest BCUT2D eigenvalue weighted by molar-refractivity contribution is 0.0690. The molecule has 1 aromatic rings. The molecule has 1 aliphatic rings. The maximum atomic E-state index is 12.0. The van der Waals surface area contributed by atoms with E-state index >= 15 is 0 Å². The van der Waals surface area contributed by atoms with Crippen molar-refractivity contribution in [3.05, 3.63) is 11.1 Å². The number of carbonyl (C=O) groups excluding carboxylic acids is 1. The smallest absolute Gasteiger partial charge is 0.267 e. The molecule has 0 bridgehead atoms. The Labute approximate surface area is 101 Å². The third-order valence-corrected chi connectivity index (χ3v) is 4.16. The van der Waals surface area contributed by atoms with Crippen molar-refractivity contribution >= 4 is 33.4 Å². The number of piperidine rings is 1. The normalized spacial score (nSPS) is 21.7. The molecule has 0 spiro atoms. The fourth-order valence-electron chi connectivity index (χ4n) is 1.79. The number of nitrogens with zero attached hydrogens (tertiary/aromatic N) is 3. The van der Waals surface area contributed by atoms with Crippen LogP contribution in [0.3, 0.4) is 0 Å². The second kappa shape index (κ2) is 5.03. The summed E-state index contributed by atoms with van der Waals surface area (Å²) in [6.07, 6.45) is 3.84. The lowest BCUT2D eigenvalue weighted by Crippen LogP contribution is -2.40. The minimum absolute atomic E-state index is 0.0793. The van der Waals surface area contributed by atoms with Crippen LogP contribution in [0.5, 0.6) is 0 Å². The Kier molecular flexibility index (Phi) is 3.69. The summed E-state index contributed by atoms with van der Waals surface area (Å²) < 4.78 is 3.71. The maximum Gasteiger partial charge on any atom is 0.267 e. The van der Waals surface area contributed by atoms with E-state index in [2.05, 4.69) is 25.5 Å². The fraction of sp³-hybridized carbons (Fsp3) is 0.667. The van der Waals surface area contributed by atoms with E-state index in [1.807, 2.05) is 4.90 Å². The summed E-state index contributed by atoms with van der Waals surface area (Å²) in [6.45, 7) is 1.71. The van der Waals surface area contributed by atoms with E-state index in [-0.39, 0.29) is 5.91 Å². The minimum Gasteiger partial charge on any atom is -0.338 e. The SMILES string of the molecule is O=C(c1cnns1)N1CCCC(CBr)C1. The number of hydrogen-bond donors (Lipinski definition) is 0. The maximum absolute atomic E-state index is 12.0. The molecule has 82 valence electrons. The Hall–Kier alpha value is -0.490. The Morgan fingerprint density at radius 3 is 3.27 bits per heavy atom. The van der Waals surface area contributed by atoms with E-state index < -0.39 is 0 Å². The molecule has 2 rings (SSSR count). The van der Waals surface area contributed by atoms with E-state index in [1.54, 1.807) is 6.20 Å². The van der Waals surface area contributed by atoms with Crippen LogP contribution in [0.15, 0.2) is 6.20 Å². The van der Waals surface area contributed by atoms with Gasteiger partial charge >= 0.3 is 0 Å². The van der Waals surface area contributed by atoms with Gasteiger partial charge in [-0.25, -0.2) is 0 Å². The topological polar surface area (TPSA) is 46.1 Å². The van der Waals surface area contributed by atoms with Gasteiger partial charge < -0.3 is 4.90 Å². The van der Waals surface area contributed by atoms with E-state index in [0.717, 1.165) is 24.8 Å². The molecule has 4 nitrogen and oxygen atoms in total. The van der Waals surface area contributed by atoms with Crippen LogP contribution in [0.2, 0.25) is 0 Å². The number of aromatic nitrogens is 2. The zero-order chi connectivity index (χ0) is 10.7. The predicted molar refractivity (Wildman–Crippen MR) is 62.3 cm³/mol. The van der Waals surface area contributed by atoms with Crippen molar-refractivity contribution in [2.24, 2.45) is 5.92 Å². The second-order valence-corrected chi connectivity index (χ2v) is 5.13. The Morgan fingerprint density at radius 1 is 1.73 bits per heavy atom. The summed E-state index contributed by atoms with van der Waals surface area (Å²) in [6, 6.07) is 0. The molecule has 0 aliphatic carbocycles. The highest BCUT2D eigenvalue weighted by Crippen LogP contribution is 2.20. The van der Waals surface area contributed by atoms with Crippen LogP contribution in [-0.4, -0.2) is 38.8 Å². The van der Waals surface area contributed by atoms with Crippen molar-refractivity contribution in [3.8, 4) is 0 Å². The van der Waals surface area contributed by atoms with E-state index in [9.17, 15) is 4.79 Å². The van der Waals surface area contributed by atoms with Crippen molar-refractivity contribution in [1.82, 2.24) is 14.5 Å². The molecule has 2 heterocycles. The molecule has 0 saturated carbocycles. The fourth-order valence-corrected chi connectivity index (χ4v) is 2.80. The number of amides is 1. The number of rotatable bonds is 2. The van der Waals surface area contributed by atoms with Gasteiger partial charge in [-0.05, 0) is 30.3 Å². The minimum atomic E-state index is 0.0793. The summed E-state index contributed by atoms with van der Waals surface area (Å²) in [5.41, 5.74) is 0. The number of halogens is 1. The van der Waals surface area contributed by atoms with Crippen LogP contribution >= 0.6 is 27.5 Å². The van der Waals surface area contributed by atoms with Gasteiger partial charge in [-0.1, -0.05) is 20.4 Å². The lowest BCUT2D eigenvalue weighted by atomic mass is 10.0. The molecule has 15 heavy (non-hydrogen) atoms. The van der Waals surface area contributed by atoms with Crippen LogP contribution in [0.4, 0.5) is 0 Å². The van der Waals surface area contributed by atoms with Gasteiger partial charge in [0.05, 0.1) is 6.20 Å². The first-order chi connectivity index (χ1) is 7.31. The van der Waals surface area contributed by atoms with Crippen LogP contribution in [0.25, 0.3) is 0 Å². The highest BCUT2D eigenvalue weighted by atomic mass is 79.9. The average molecular weight is 290 g/mol. The summed E-state index contributed by atoms with van der Waals surface area (Å²) in [5, 5.41) is 4.66. The number of carbonyl (C=O) groups is 1. The van der Waals surface area contributed by atoms with Gasteiger partial charge in [0.1, 0.15) is 4.88 Å². The van der Waals surface area contributed by atoms with E-state index in [1.165, 1.54) is 18.0 Å². The Bertz CT molecular complexity index is 330. The van der Waals surface area contributed by atoms with E-state index in [0.29, 0.717) is 10.8 Å². The highest BCUT2D eigenvalue weighted by molar-refractivity contribution is 9.09. The third kappa shape index (κ3) is 2.55. The van der Waals surface area contributed by atoms with Crippen LogP contribution < -0.4 is 0 Å². The highest BCUT2D eigenvalue weighted by Gasteiger charge is 2.24. The third-order valence-electron chi connectivity index (χ3n) is 2.60. The van der Waals surface area contributed by atoms with Gasteiger partial charge in [0.15, 0.2) is 0 Å². The molecule has 0 aromatic carbocycles. The summed E-state index contributed by atoms with van der Waals surface area (Å²) in [7, 11) is 0. The second-order valence-electron chi connectivity index (χ2n) is 3.70. The molecule has 1 aromatic heterocycles. The molecule has 0 N–H and O–H groups in total. The van der Waals surface area contributed by atoms with Gasteiger partial charge in [-0.3, -0.25) is 4.79 Å². The monoisotopic (exact) mass is 289 g/mol. The van der Waals surface area contributed by atoms with Gasteiger partial charge in [0.2, 0.25) is 0 Å². The molecule has 1 unspecified atom stereocenters. The van der Waals surface area contributed by atoms with Crippen molar-refractivity contribution < 1.29 is 4.79 Å². The summed E-state index contributed by atoms with van der Waals surface area (Å²) >= 11 is 4.65. The zero-order valence-corrected chi connectivity index (χ0v) is 10.6.